The number of carbonyl (C=O) groups excluding carboxylic acids is 1. The average Bonchev–Trinajstić information content (AvgIpc) is 2.70. The number of nitrogens with zero attached hydrogens (tertiary/aromatic N) is 1. The minimum absolute atomic E-state index is 0.175. The Bertz CT molecular complexity index is 959. The van der Waals surface area contributed by atoms with E-state index in [1.165, 1.54) is 4.31 Å². The second-order valence-electron chi connectivity index (χ2n) is 6.54. The zero-order valence-corrected chi connectivity index (χ0v) is 17.2. The molecule has 0 saturated carbocycles. The fraction of sp³-hybridized carbons (Fsp3) is 0.350. The topological polar surface area (TPSA) is 94.2 Å². The molecule has 0 bridgehead atoms. The van der Waals surface area contributed by atoms with Crippen LogP contribution in [0.4, 0.5) is 11.4 Å². The van der Waals surface area contributed by atoms with E-state index in [0.29, 0.717) is 48.3 Å². The van der Waals surface area contributed by atoms with Crippen LogP contribution in [0.3, 0.4) is 0 Å². The normalized spacial score (nSPS) is 12.9. The van der Waals surface area contributed by atoms with Gasteiger partial charge in [-0.2, -0.15) is 0 Å². The molecule has 2 aromatic carbocycles. The zero-order chi connectivity index (χ0) is 20.9. The lowest BCUT2D eigenvalue weighted by Crippen LogP contribution is -2.31. The van der Waals surface area contributed by atoms with E-state index in [4.69, 9.17) is 14.2 Å². The molecular weight excluding hydrogens is 396 g/mol. The van der Waals surface area contributed by atoms with Crippen molar-refractivity contribution in [3.63, 3.8) is 0 Å². The Hall–Kier alpha value is -2.94. The molecule has 3 rings (SSSR count). The first-order valence-corrected chi connectivity index (χ1v) is 11.0. The highest BCUT2D eigenvalue weighted by molar-refractivity contribution is 7.92. The van der Waals surface area contributed by atoms with Crippen molar-refractivity contribution in [2.75, 3.05) is 42.7 Å². The summed E-state index contributed by atoms with van der Waals surface area (Å²) in [6, 6.07) is 12.0. The van der Waals surface area contributed by atoms with Crippen molar-refractivity contribution in [3.05, 3.63) is 42.5 Å². The van der Waals surface area contributed by atoms with Crippen molar-refractivity contribution in [1.82, 2.24) is 0 Å². The summed E-state index contributed by atoms with van der Waals surface area (Å²) < 4.78 is 41.9. The predicted octanol–water partition coefficient (Wildman–Crippen LogP) is 2.65. The first-order valence-electron chi connectivity index (χ1n) is 9.18. The van der Waals surface area contributed by atoms with Crippen molar-refractivity contribution >= 4 is 27.3 Å². The molecule has 2 aromatic rings. The minimum Gasteiger partial charge on any atom is -0.497 e. The Morgan fingerprint density at radius 2 is 1.79 bits per heavy atom. The van der Waals surface area contributed by atoms with Crippen LogP contribution in [0.5, 0.6) is 17.2 Å². The van der Waals surface area contributed by atoms with E-state index in [-0.39, 0.29) is 18.9 Å². The summed E-state index contributed by atoms with van der Waals surface area (Å²) in [5.74, 6) is 1.61. The number of amides is 1. The highest BCUT2D eigenvalue weighted by Gasteiger charge is 2.21. The summed E-state index contributed by atoms with van der Waals surface area (Å²) in [5.41, 5.74) is 1.13. The lowest BCUT2D eigenvalue weighted by atomic mass is 10.2. The van der Waals surface area contributed by atoms with E-state index in [2.05, 4.69) is 5.32 Å². The zero-order valence-electron chi connectivity index (χ0n) is 16.4. The number of anilines is 2. The molecular formula is C20H24N2O6S. The molecule has 0 aromatic heterocycles. The Kier molecular flexibility index (Phi) is 6.48. The lowest BCUT2D eigenvalue weighted by molar-refractivity contribution is -0.116. The SMILES string of the molecule is COc1ccc(NC(=O)CCCN(c2ccc3c(c2)OCCO3)S(C)(=O)=O)cc1. The molecule has 1 amide bonds. The molecule has 1 aliphatic heterocycles. The molecule has 9 heteroatoms. The van der Waals surface area contributed by atoms with Crippen molar-refractivity contribution in [3.8, 4) is 17.2 Å². The summed E-state index contributed by atoms with van der Waals surface area (Å²) >= 11 is 0. The van der Waals surface area contributed by atoms with Crippen LogP contribution in [0.25, 0.3) is 0 Å². The second kappa shape index (κ2) is 9.04. The van der Waals surface area contributed by atoms with Gasteiger partial charge in [0.1, 0.15) is 19.0 Å². The molecule has 1 heterocycles. The van der Waals surface area contributed by atoms with Crippen LogP contribution in [0, 0.1) is 0 Å². The van der Waals surface area contributed by atoms with E-state index in [9.17, 15) is 13.2 Å². The molecule has 0 unspecified atom stereocenters. The third-order valence-electron chi connectivity index (χ3n) is 4.35. The lowest BCUT2D eigenvalue weighted by Gasteiger charge is -2.25. The molecule has 8 nitrogen and oxygen atoms in total. The highest BCUT2D eigenvalue weighted by atomic mass is 32.2. The quantitative estimate of drug-likeness (QED) is 0.706. The van der Waals surface area contributed by atoms with Gasteiger partial charge in [0.2, 0.25) is 15.9 Å². The van der Waals surface area contributed by atoms with Gasteiger partial charge in [0, 0.05) is 24.7 Å². The number of rotatable bonds is 8. The van der Waals surface area contributed by atoms with Crippen LogP contribution in [0.1, 0.15) is 12.8 Å². The van der Waals surface area contributed by atoms with Gasteiger partial charge in [-0.05, 0) is 42.8 Å². The Morgan fingerprint density at radius 1 is 1.10 bits per heavy atom. The number of fused-ring (bicyclic) bond motifs is 1. The van der Waals surface area contributed by atoms with Crippen molar-refractivity contribution in [1.29, 1.82) is 0 Å². The maximum atomic E-state index is 12.3. The molecule has 29 heavy (non-hydrogen) atoms. The number of hydrogen-bond acceptors (Lipinski definition) is 6. The van der Waals surface area contributed by atoms with Gasteiger partial charge in [-0.15, -0.1) is 0 Å². The fourth-order valence-electron chi connectivity index (χ4n) is 2.95. The van der Waals surface area contributed by atoms with Crippen LogP contribution in [-0.4, -0.2) is 47.4 Å². The molecule has 0 radical (unpaired) electrons. The summed E-state index contributed by atoms with van der Waals surface area (Å²) in [4.78, 5) is 12.2. The van der Waals surface area contributed by atoms with Crippen LogP contribution >= 0.6 is 0 Å². The first-order chi connectivity index (χ1) is 13.9. The van der Waals surface area contributed by atoms with Crippen LogP contribution in [0.15, 0.2) is 42.5 Å². The predicted molar refractivity (Wildman–Crippen MR) is 110 cm³/mol. The molecule has 0 aliphatic carbocycles. The monoisotopic (exact) mass is 420 g/mol. The molecule has 0 atom stereocenters. The average molecular weight is 420 g/mol. The third-order valence-corrected chi connectivity index (χ3v) is 5.55. The number of methoxy groups -OCH3 is 1. The second-order valence-corrected chi connectivity index (χ2v) is 8.45. The summed E-state index contributed by atoms with van der Waals surface area (Å²) in [5, 5.41) is 2.79. The van der Waals surface area contributed by atoms with Gasteiger partial charge in [0.25, 0.3) is 0 Å². The molecule has 0 saturated heterocycles. The number of benzene rings is 2. The fourth-order valence-corrected chi connectivity index (χ4v) is 3.91. The van der Waals surface area contributed by atoms with E-state index in [1.54, 1.807) is 49.6 Å². The standard InChI is InChI=1S/C20H24N2O6S/c1-26-17-8-5-15(6-9-17)21-20(23)4-3-11-22(29(2,24)25)16-7-10-18-19(14-16)28-13-12-27-18/h5-10,14H,3-4,11-13H2,1-2H3,(H,21,23). The van der Waals surface area contributed by atoms with Crippen LogP contribution in [-0.2, 0) is 14.8 Å². The summed E-state index contributed by atoms with van der Waals surface area (Å²) in [6.07, 6.45) is 1.69. The number of sulfonamides is 1. The van der Waals surface area contributed by atoms with Gasteiger partial charge < -0.3 is 19.5 Å². The minimum atomic E-state index is -3.52. The van der Waals surface area contributed by atoms with Gasteiger partial charge in [-0.25, -0.2) is 8.42 Å². The molecule has 0 fully saturated rings. The molecule has 1 aliphatic rings. The number of carbonyl (C=O) groups is 1. The van der Waals surface area contributed by atoms with Crippen molar-refractivity contribution in [2.24, 2.45) is 0 Å². The molecule has 1 N–H and O–H groups in total. The van der Waals surface area contributed by atoms with E-state index >= 15 is 0 Å². The Labute approximate surface area is 170 Å². The molecule has 156 valence electrons. The highest BCUT2D eigenvalue weighted by Crippen LogP contribution is 2.34. The van der Waals surface area contributed by atoms with Crippen LogP contribution in [0.2, 0.25) is 0 Å². The number of hydrogen-bond donors (Lipinski definition) is 1. The number of ether oxygens (including phenoxy) is 3. The number of nitrogens with one attached hydrogen (secondary N) is 1. The Balaban J connectivity index is 1.60. The van der Waals surface area contributed by atoms with Gasteiger partial charge in [-0.3, -0.25) is 9.10 Å². The largest absolute Gasteiger partial charge is 0.497 e. The van der Waals surface area contributed by atoms with E-state index in [0.717, 1.165) is 6.26 Å². The van der Waals surface area contributed by atoms with Gasteiger partial charge in [0.05, 0.1) is 19.1 Å². The van der Waals surface area contributed by atoms with Gasteiger partial charge >= 0.3 is 0 Å². The van der Waals surface area contributed by atoms with E-state index < -0.39 is 10.0 Å². The van der Waals surface area contributed by atoms with Crippen molar-refractivity contribution in [2.45, 2.75) is 12.8 Å². The summed E-state index contributed by atoms with van der Waals surface area (Å²) in [7, 11) is -1.95. The Morgan fingerprint density at radius 3 is 2.45 bits per heavy atom. The smallest absolute Gasteiger partial charge is 0.232 e. The molecule has 0 spiro atoms. The van der Waals surface area contributed by atoms with Crippen LogP contribution < -0.4 is 23.8 Å². The van der Waals surface area contributed by atoms with E-state index in [1.807, 2.05) is 0 Å². The van der Waals surface area contributed by atoms with Crippen molar-refractivity contribution < 1.29 is 27.4 Å². The maximum absolute atomic E-state index is 12.3. The first kappa shape index (κ1) is 20.8. The van der Waals surface area contributed by atoms with Gasteiger partial charge in [0.15, 0.2) is 11.5 Å². The third kappa shape index (κ3) is 5.54. The summed E-state index contributed by atoms with van der Waals surface area (Å²) in [6.45, 7) is 1.06. The maximum Gasteiger partial charge on any atom is 0.232 e. The van der Waals surface area contributed by atoms with Gasteiger partial charge in [-0.1, -0.05) is 0 Å².